The summed E-state index contributed by atoms with van der Waals surface area (Å²) in [7, 11) is 0. The fraction of sp³-hybridized carbons (Fsp3) is 0.200. The van der Waals surface area contributed by atoms with Crippen molar-refractivity contribution >= 4 is 0 Å². The third-order valence-electron chi connectivity index (χ3n) is 2.87. The zero-order valence-corrected chi connectivity index (χ0v) is 10.7. The van der Waals surface area contributed by atoms with Crippen LogP contribution in [0, 0.1) is 17.5 Å². The van der Waals surface area contributed by atoms with E-state index in [9.17, 15) is 18.3 Å². The molecular formula is C15H13F3O2. The Morgan fingerprint density at radius 2 is 1.70 bits per heavy atom. The van der Waals surface area contributed by atoms with Crippen LogP contribution in [0.4, 0.5) is 13.2 Å². The summed E-state index contributed by atoms with van der Waals surface area (Å²) >= 11 is 0. The van der Waals surface area contributed by atoms with Gasteiger partial charge in [0.2, 0.25) is 0 Å². The first-order valence-corrected chi connectivity index (χ1v) is 6.09. The predicted octanol–water partition coefficient (Wildman–Crippen LogP) is 3.58. The van der Waals surface area contributed by atoms with E-state index in [4.69, 9.17) is 4.74 Å². The molecule has 5 heteroatoms. The summed E-state index contributed by atoms with van der Waals surface area (Å²) in [6.45, 7) is 2.13. The van der Waals surface area contributed by atoms with E-state index >= 15 is 0 Å². The maximum Gasteiger partial charge on any atom is 0.194 e. The number of para-hydroxylation sites is 1. The van der Waals surface area contributed by atoms with E-state index in [1.54, 1.807) is 25.1 Å². The molecule has 2 aromatic rings. The standard InChI is InChI=1S/C15H13F3O2/c1-2-20-12-6-4-3-5-9(12)15(19)10-7-8-11(16)14(18)13(10)17/h3-8,15,19H,2H2,1H3. The molecule has 2 nitrogen and oxygen atoms in total. The molecule has 0 aliphatic rings. The number of benzene rings is 2. The topological polar surface area (TPSA) is 29.5 Å². The van der Waals surface area contributed by atoms with Crippen LogP contribution < -0.4 is 4.74 Å². The van der Waals surface area contributed by atoms with Gasteiger partial charge >= 0.3 is 0 Å². The van der Waals surface area contributed by atoms with E-state index in [-0.39, 0.29) is 5.56 Å². The van der Waals surface area contributed by atoms with E-state index < -0.39 is 23.6 Å². The summed E-state index contributed by atoms with van der Waals surface area (Å²) in [4.78, 5) is 0. The third-order valence-corrected chi connectivity index (χ3v) is 2.87. The minimum Gasteiger partial charge on any atom is -0.493 e. The van der Waals surface area contributed by atoms with Crippen LogP contribution in [0.2, 0.25) is 0 Å². The van der Waals surface area contributed by atoms with Crippen molar-refractivity contribution in [2.75, 3.05) is 6.61 Å². The molecule has 1 atom stereocenters. The number of hydrogen-bond acceptors (Lipinski definition) is 2. The largest absolute Gasteiger partial charge is 0.493 e. The lowest BCUT2D eigenvalue weighted by Crippen LogP contribution is -2.08. The molecule has 1 unspecified atom stereocenters. The number of rotatable bonds is 4. The van der Waals surface area contributed by atoms with E-state index in [1.165, 1.54) is 6.07 Å². The minimum absolute atomic E-state index is 0.291. The molecule has 0 fully saturated rings. The second kappa shape index (κ2) is 5.96. The molecular weight excluding hydrogens is 269 g/mol. The van der Waals surface area contributed by atoms with Gasteiger partial charge in [0, 0.05) is 11.1 Å². The number of aliphatic hydroxyl groups is 1. The summed E-state index contributed by atoms with van der Waals surface area (Å²) in [5, 5.41) is 10.2. The molecule has 0 aliphatic carbocycles. The van der Waals surface area contributed by atoms with E-state index in [0.29, 0.717) is 17.9 Å². The maximum atomic E-state index is 13.7. The van der Waals surface area contributed by atoms with Crippen molar-refractivity contribution in [3.8, 4) is 5.75 Å². The first-order chi connectivity index (χ1) is 9.56. The Bertz CT molecular complexity index is 614. The number of halogens is 3. The van der Waals surface area contributed by atoms with Gasteiger partial charge in [-0.15, -0.1) is 0 Å². The Morgan fingerprint density at radius 3 is 2.40 bits per heavy atom. The summed E-state index contributed by atoms with van der Waals surface area (Å²) < 4.78 is 45.2. The van der Waals surface area contributed by atoms with Crippen LogP contribution in [0.1, 0.15) is 24.2 Å². The fourth-order valence-electron chi connectivity index (χ4n) is 1.91. The van der Waals surface area contributed by atoms with Gasteiger partial charge in [-0.3, -0.25) is 0 Å². The fourth-order valence-corrected chi connectivity index (χ4v) is 1.91. The van der Waals surface area contributed by atoms with Gasteiger partial charge in [0.05, 0.1) is 6.61 Å². The van der Waals surface area contributed by atoms with Gasteiger partial charge in [-0.25, -0.2) is 13.2 Å². The molecule has 0 aliphatic heterocycles. The van der Waals surface area contributed by atoms with Gasteiger partial charge in [-0.05, 0) is 19.1 Å². The number of hydrogen-bond donors (Lipinski definition) is 1. The van der Waals surface area contributed by atoms with Crippen LogP contribution in [0.3, 0.4) is 0 Å². The van der Waals surface area contributed by atoms with Crippen LogP contribution in [-0.2, 0) is 0 Å². The van der Waals surface area contributed by atoms with Gasteiger partial charge in [-0.2, -0.15) is 0 Å². The molecule has 0 saturated heterocycles. The van der Waals surface area contributed by atoms with Crippen LogP contribution in [0.25, 0.3) is 0 Å². The highest BCUT2D eigenvalue weighted by atomic mass is 19.2. The summed E-state index contributed by atoms with van der Waals surface area (Å²) in [6, 6.07) is 8.28. The first-order valence-electron chi connectivity index (χ1n) is 6.09. The van der Waals surface area contributed by atoms with Gasteiger partial charge in [0.1, 0.15) is 11.9 Å². The number of ether oxygens (including phenoxy) is 1. The van der Waals surface area contributed by atoms with Crippen molar-refractivity contribution < 1.29 is 23.0 Å². The molecule has 20 heavy (non-hydrogen) atoms. The summed E-state index contributed by atoms with van der Waals surface area (Å²) in [6.07, 6.45) is -1.44. The Balaban J connectivity index is 2.46. The highest BCUT2D eigenvalue weighted by Gasteiger charge is 2.22. The second-order valence-electron chi connectivity index (χ2n) is 4.14. The normalized spacial score (nSPS) is 12.2. The van der Waals surface area contributed by atoms with Gasteiger partial charge in [0.15, 0.2) is 17.5 Å². The predicted molar refractivity (Wildman–Crippen MR) is 68.0 cm³/mol. The van der Waals surface area contributed by atoms with Crippen molar-refractivity contribution in [2.45, 2.75) is 13.0 Å². The molecule has 0 spiro atoms. The molecule has 0 amide bonds. The molecule has 0 saturated carbocycles. The lowest BCUT2D eigenvalue weighted by molar-refractivity contribution is 0.205. The van der Waals surface area contributed by atoms with E-state index in [2.05, 4.69) is 0 Å². The molecule has 0 bridgehead atoms. The highest BCUT2D eigenvalue weighted by Crippen LogP contribution is 2.32. The van der Waals surface area contributed by atoms with Crippen LogP contribution in [-0.4, -0.2) is 11.7 Å². The molecule has 0 heterocycles. The quantitative estimate of drug-likeness (QED) is 0.868. The van der Waals surface area contributed by atoms with Crippen molar-refractivity contribution in [2.24, 2.45) is 0 Å². The molecule has 1 N–H and O–H groups in total. The summed E-state index contributed by atoms with van der Waals surface area (Å²) in [5.41, 5.74) is -0.0460. The molecule has 0 radical (unpaired) electrons. The Labute approximate surface area is 114 Å². The van der Waals surface area contributed by atoms with Crippen molar-refractivity contribution in [3.63, 3.8) is 0 Å². The van der Waals surface area contributed by atoms with Gasteiger partial charge in [0.25, 0.3) is 0 Å². The lowest BCUT2D eigenvalue weighted by atomic mass is 10.00. The molecule has 2 aromatic carbocycles. The number of aliphatic hydroxyl groups excluding tert-OH is 1. The SMILES string of the molecule is CCOc1ccccc1C(O)c1ccc(F)c(F)c1F. The minimum atomic E-state index is -1.60. The monoisotopic (exact) mass is 282 g/mol. The smallest absolute Gasteiger partial charge is 0.194 e. The van der Waals surface area contributed by atoms with Crippen molar-refractivity contribution in [1.82, 2.24) is 0 Å². The summed E-state index contributed by atoms with van der Waals surface area (Å²) in [5.74, 6) is -3.93. The highest BCUT2D eigenvalue weighted by molar-refractivity contribution is 5.40. The zero-order chi connectivity index (χ0) is 14.7. The lowest BCUT2D eigenvalue weighted by Gasteiger charge is -2.16. The molecule has 106 valence electrons. The average molecular weight is 282 g/mol. The third kappa shape index (κ3) is 2.63. The Kier molecular flexibility index (Phi) is 4.29. The molecule has 0 aromatic heterocycles. The maximum absolute atomic E-state index is 13.7. The second-order valence-corrected chi connectivity index (χ2v) is 4.14. The zero-order valence-electron chi connectivity index (χ0n) is 10.7. The van der Waals surface area contributed by atoms with E-state index in [0.717, 1.165) is 12.1 Å². The first kappa shape index (κ1) is 14.4. The molecule has 2 rings (SSSR count). The van der Waals surface area contributed by atoms with E-state index in [1.807, 2.05) is 0 Å². The van der Waals surface area contributed by atoms with Crippen LogP contribution in [0.15, 0.2) is 36.4 Å². The van der Waals surface area contributed by atoms with Crippen LogP contribution >= 0.6 is 0 Å². The van der Waals surface area contributed by atoms with Crippen molar-refractivity contribution in [3.05, 3.63) is 65.0 Å². The Hall–Kier alpha value is -2.01. The van der Waals surface area contributed by atoms with Gasteiger partial charge in [-0.1, -0.05) is 24.3 Å². The average Bonchev–Trinajstić information content (AvgIpc) is 2.45. The Morgan fingerprint density at radius 1 is 1.00 bits per heavy atom. The van der Waals surface area contributed by atoms with Crippen molar-refractivity contribution in [1.29, 1.82) is 0 Å². The van der Waals surface area contributed by atoms with Gasteiger partial charge < -0.3 is 9.84 Å². The van der Waals surface area contributed by atoms with Crippen LogP contribution in [0.5, 0.6) is 5.75 Å².